The highest BCUT2D eigenvalue weighted by atomic mass is 79.9. The molecule has 0 N–H and O–H groups in total. The Morgan fingerprint density at radius 2 is 1.75 bits per heavy atom. The Balaban J connectivity index is 0.00000128. The van der Waals surface area contributed by atoms with Crippen LogP contribution in [0.2, 0.25) is 0 Å². The number of nitrogens with zero attached hydrogens (tertiary/aromatic N) is 1. The molecule has 0 saturated heterocycles. The standard InChI is InChI=1S/C13H11BrN.BrH/c14-13-6-4-5-12(11-13)7-10-15-8-2-1-3-9-15;/h1-11H;1H/q+1;/p-1/b10-7+;. The van der Waals surface area contributed by atoms with E-state index in [-0.39, 0.29) is 17.0 Å². The van der Waals surface area contributed by atoms with Gasteiger partial charge >= 0.3 is 0 Å². The van der Waals surface area contributed by atoms with Gasteiger partial charge in [-0.05, 0) is 17.7 Å². The zero-order chi connectivity index (χ0) is 10.5. The summed E-state index contributed by atoms with van der Waals surface area (Å²) in [5.74, 6) is 0. The Morgan fingerprint density at radius 3 is 2.44 bits per heavy atom. The van der Waals surface area contributed by atoms with Crippen molar-refractivity contribution in [3.8, 4) is 0 Å². The molecule has 16 heavy (non-hydrogen) atoms. The Morgan fingerprint density at radius 1 is 1.00 bits per heavy atom. The highest BCUT2D eigenvalue weighted by Crippen LogP contribution is 2.12. The molecular weight excluding hydrogens is 330 g/mol. The predicted molar refractivity (Wildman–Crippen MR) is 66.0 cm³/mol. The number of hydrogen-bond donors (Lipinski definition) is 0. The summed E-state index contributed by atoms with van der Waals surface area (Å²) in [5, 5.41) is 0. The third-order valence-electron chi connectivity index (χ3n) is 2.03. The van der Waals surface area contributed by atoms with Gasteiger partial charge in [-0.25, -0.2) is 0 Å². The summed E-state index contributed by atoms with van der Waals surface area (Å²) in [6.07, 6.45) is 8.12. The quantitative estimate of drug-likeness (QED) is 0.695. The van der Waals surface area contributed by atoms with Gasteiger partial charge < -0.3 is 17.0 Å². The van der Waals surface area contributed by atoms with Gasteiger partial charge in [-0.1, -0.05) is 34.1 Å². The van der Waals surface area contributed by atoms with Gasteiger partial charge in [0.15, 0.2) is 18.6 Å². The molecular formula is C13H11Br2N. The number of aromatic nitrogens is 1. The molecule has 2 aromatic rings. The second-order valence-corrected chi connectivity index (χ2v) is 4.11. The van der Waals surface area contributed by atoms with Gasteiger partial charge in [0.25, 0.3) is 0 Å². The van der Waals surface area contributed by atoms with Crippen molar-refractivity contribution in [1.29, 1.82) is 0 Å². The van der Waals surface area contributed by atoms with E-state index in [1.54, 1.807) is 0 Å². The molecule has 0 radical (unpaired) electrons. The van der Waals surface area contributed by atoms with Crippen molar-refractivity contribution in [3.05, 3.63) is 64.9 Å². The summed E-state index contributed by atoms with van der Waals surface area (Å²) < 4.78 is 3.11. The molecule has 1 heterocycles. The minimum atomic E-state index is 0. The molecule has 0 aliphatic carbocycles. The number of rotatable bonds is 2. The maximum Gasteiger partial charge on any atom is 0.175 e. The molecule has 0 aliphatic heterocycles. The summed E-state index contributed by atoms with van der Waals surface area (Å²) >= 11 is 3.45. The lowest BCUT2D eigenvalue weighted by Gasteiger charge is -1.92. The fourth-order valence-corrected chi connectivity index (χ4v) is 1.71. The monoisotopic (exact) mass is 339 g/mol. The Kier molecular flexibility index (Phi) is 5.43. The molecule has 0 fully saturated rings. The maximum atomic E-state index is 3.45. The first-order valence-electron chi connectivity index (χ1n) is 4.74. The van der Waals surface area contributed by atoms with Crippen LogP contribution in [0.4, 0.5) is 0 Å². The van der Waals surface area contributed by atoms with Crippen molar-refractivity contribution >= 4 is 28.2 Å². The van der Waals surface area contributed by atoms with E-state index in [4.69, 9.17) is 0 Å². The smallest absolute Gasteiger partial charge is 0.175 e. The first-order valence-corrected chi connectivity index (χ1v) is 5.53. The summed E-state index contributed by atoms with van der Waals surface area (Å²) in [6.45, 7) is 0. The molecule has 82 valence electrons. The number of hydrogen-bond acceptors (Lipinski definition) is 0. The van der Waals surface area contributed by atoms with Crippen molar-refractivity contribution < 1.29 is 21.5 Å². The molecule has 1 nitrogen and oxygen atoms in total. The van der Waals surface area contributed by atoms with Gasteiger partial charge in [-0.2, -0.15) is 4.57 Å². The molecule has 3 heteroatoms. The normalized spacial score (nSPS) is 10.1. The molecule has 0 amide bonds. The lowest BCUT2D eigenvalue weighted by Crippen LogP contribution is -3.00. The lowest BCUT2D eigenvalue weighted by molar-refractivity contribution is -0.567. The van der Waals surface area contributed by atoms with Crippen LogP contribution in [0.25, 0.3) is 12.3 Å². The van der Waals surface area contributed by atoms with E-state index in [0.717, 1.165) is 4.47 Å². The fraction of sp³-hybridized carbons (Fsp3) is 0. The second kappa shape index (κ2) is 6.61. The topological polar surface area (TPSA) is 3.88 Å². The van der Waals surface area contributed by atoms with E-state index < -0.39 is 0 Å². The van der Waals surface area contributed by atoms with Gasteiger partial charge in [0.05, 0.1) is 0 Å². The average molecular weight is 341 g/mol. The number of halogens is 2. The minimum absolute atomic E-state index is 0. The van der Waals surface area contributed by atoms with E-state index in [1.807, 2.05) is 53.5 Å². The van der Waals surface area contributed by atoms with Gasteiger partial charge in [-0.15, -0.1) is 0 Å². The van der Waals surface area contributed by atoms with Crippen LogP contribution in [0.15, 0.2) is 59.3 Å². The number of pyridine rings is 1. The van der Waals surface area contributed by atoms with Crippen molar-refractivity contribution in [2.45, 2.75) is 0 Å². The molecule has 0 saturated carbocycles. The van der Waals surface area contributed by atoms with Crippen LogP contribution in [0, 0.1) is 0 Å². The highest BCUT2D eigenvalue weighted by Gasteiger charge is 1.92. The van der Waals surface area contributed by atoms with Crippen LogP contribution in [0.5, 0.6) is 0 Å². The SMILES string of the molecule is Brc1cccc(/C=C/[n+]2ccccc2)c1.[Br-]. The van der Waals surface area contributed by atoms with Crippen LogP contribution in [-0.4, -0.2) is 0 Å². The van der Waals surface area contributed by atoms with Gasteiger partial charge in [-0.3, -0.25) is 0 Å². The second-order valence-electron chi connectivity index (χ2n) is 3.19. The summed E-state index contributed by atoms with van der Waals surface area (Å²) in [5.41, 5.74) is 1.18. The molecule has 2 rings (SSSR count). The molecule has 0 spiro atoms. The van der Waals surface area contributed by atoms with Crippen LogP contribution < -0.4 is 21.5 Å². The minimum Gasteiger partial charge on any atom is -1.00 e. The predicted octanol–water partition coefficient (Wildman–Crippen LogP) is 0.368. The van der Waals surface area contributed by atoms with Crippen LogP contribution in [-0.2, 0) is 0 Å². The van der Waals surface area contributed by atoms with Crippen molar-refractivity contribution in [1.82, 2.24) is 0 Å². The Hall–Kier alpha value is -0.930. The molecule has 0 atom stereocenters. The molecule has 0 aliphatic rings. The van der Waals surface area contributed by atoms with Crippen molar-refractivity contribution in [2.75, 3.05) is 0 Å². The zero-order valence-corrected chi connectivity index (χ0v) is 11.7. The summed E-state index contributed by atoms with van der Waals surface area (Å²) in [7, 11) is 0. The third-order valence-corrected chi connectivity index (χ3v) is 2.52. The molecule has 1 aromatic carbocycles. The van der Waals surface area contributed by atoms with E-state index in [1.165, 1.54) is 5.56 Å². The van der Waals surface area contributed by atoms with Crippen LogP contribution >= 0.6 is 15.9 Å². The van der Waals surface area contributed by atoms with E-state index in [2.05, 4.69) is 34.1 Å². The first-order chi connectivity index (χ1) is 7.34. The van der Waals surface area contributed by atoms with Gasteiger partial charge in [0.1, 0.15) is 0 Å². The van der Waals surface area contributed by atoms with E-state index in [0.29, 0.717) is 0 Å². The fourth-order valence-electron chi connectivity index (χ4n) is 1.29. The van der Waals surface area contributed by atoms with Crippen LogP contribution in [0.3, 0.4) is 0 Å². The van der Waals surface area contributed by atoms with E-state index >= 15 is 0 Å². The third kappa shape index (κ3) is 3.91. The lowest BCUT2D eigenvalue weighted by atomic mass is 10.2. The number of benzene rings is 1. The van der Waals surface area contributed by atoms with Gasteiger partial charge in [0, 0.05) is 22.7 Å². The van der Waals surface area contributed by atoms with E-state index in [9.17, 15) is 0 Å². The van der Waals surface area contributed by atoms with Gasteiger partial charge in [0.2, 0.25) is 0 Å². The molecule has 1 aromatic heterocycles. The highest BCUT2D eigenvalue weighted by molar-refractivity contribution is 9.10. The average Bonchev–Trinajstić information content (AvgIpc) is 2.28. The molecule has 0 bridgehead atoms. The zero-order valence-electron chi connectivity index (χ0n) is 8.55. The maximum absolute atomic E-state index is 3.45. The van der Waals surface area contributed by atoms with Crippen molar-refractivity contribution in [2.24, 2.45) is 0 Å². The van der Waals surface area contributed by atoms with Crippen molar-refractivity contribution in [3.63, 3.8) is 0 Å². The Bertz CT molecular complexity index is 466. The van der Waals surface area contributed by atoms with Crippen LogP contribution in [0.1, 0.15) is 5.56 Å². The Labute approximate surface area is 114 Å². The molecule has 0 unspecified atom stereocenters. The first kappa shape index (κ1) is 13.1. The largest absolute Gasteiger partial charge is 1.00 e. The summed E-state index contributed by atoms with van der Waals surface area (Å²) in [4.78, 5) is 0. The summed E-state index contributed by atoms with van der Waals surface area (Å²) in [6, 6.07) is 14.2.